The third-order valence-electron chi connectivity index (χ3n) is 8.12. The second-order valence-electron chi connectivity index (χ2n) is 11.3. The third-order valence-corrected chi connectivity index (χ3v) is 8.12. The average molecular weight is 512 g/mol. The van der Waals surface area contributed by atoms with Crippen LogP contribution in [0.25, 0.3) is 55.7 Å². The van der Waals surface area contributed by atoms with E-state index in [-0.39, 0.29) is 11.2 Å². The molecule has 0 saturated carbocycles. The highest BCUT2D eigenvalue weighted by Crippen LogP contribution is 2.38. The SMILES string of the molecule is CC1(C)OB(c2ccc(-c3cc(-c4cc5ccccc5o4)cc(-c4cc5ccccc5o4)c3)cc2)OC1(C)C. The van der Waals surface area contributed by atoms with Gasteiger partial charge < -0.3 is 18.1 Å². The Morgan fingerprint density at radius 3 is 1.44 bits per heavy atom. The largest absolute Gasteiger partial charge is 0.494 e. The van der Waals surface area contributed by atoms with Gasteiger partial charge in [0.1, 0.15) is 22.7 Å². The summed E-state index contributed by atoms with van der Waals surface area (Å²) in [5.41, 5.74) is 6.14. The lowest BCUT2D eigenvalue weighted by Crippen LogP contribution is -2.41. The zero-order valence-corrected chi connectivity index (χ0v) is 22.5. The maximum Gasteiger partial charge on any atom is 0.494 e. The Balaban J connectivity index is 1.31. The molecule has 1 fully saturated rings. The van der Waals surface area contributed by atoms with Gasteiger partial charge in [-0.3, -0.25) is 0 Å². The first-order valence-corrected chi connectivity index (χ1v) is 13.3. The fourth-order valence-electron chi connectivity index (χ4n) is 5.14. The van der Waals surface area contributed by atoms with Crippen LogP contribution in [0.4, 0.5) is 0 Å². The minimum Gasteiger partial charge on any atom is -0.456 e. The maximum atomic E-state index is 6.26. The fraction of sp³-hybridized carbons (Fsp3) is 0.176. The summed E-state index contributed by atoms with van der Waals surface area (Å²) in [7, 11) is -0.392. The molecule has 4 nitrogen and oxygen atoms in total. The lowest BCUT2D eigenvalue weighted by molar-refractivity contribution is 0.00578. The first kappa shape index (κ1) is 24.0. The van der Waals surface area contributed by atoms with Crippen LogP contribution in [0.5, 0.6) is 0 Å². The van der Waals surface area contributed by atoms with Gasteiger partial charge in [0, 0.05) is 21.9 Å². The Labute approximate surface area is 228 Å². The van der Waals surface area contributed by atoms with Gasteiger partial charge in [0.15, 0.2) is 0 Å². The van der Waals surface area contributed by atoms with Crippen LogP contribution in [0.3, 0.4) is 0 Å². The molecule has 0 unspecified atom stereocenters. The van der Waals surface area contributed by atoms with Crippen molar-refractivity contribution >= 4 is 34.5 Å². The van der Waals surface area contributed by atoms with Crippen molar-refractivity contribution in [3.63, 3.8) is 0 Å². The Morgan fingerprint density at radius 1 is 0.487 bits per heavy atom. The van der Waals surface area contributed by atoms with Crippen LogP contribution in [0.15, 0.2) is 112 Å². The zero-order valence-electron chi connectivity index (χ0n) is 22.5. The maximum absolute atomic E-state index is 6.26. The highest BCUT2D eigenvalue weighted by molar-refractivity contribution is 6.62. The monoisotopic (exact) mass is 512 g/mol. The molecule has 3 heterocycles. The lowest BCUT2D eigenvalue weighted by atomic mass is 9.78. The van der Waals surface area contributed by atoms with E-state index in [1.54, 1.807) is 0 Å². The Bertz CT molecular complexity index is 1650. The highest BCUT2D eigenvalue weighted by atomic mass is 16.7. The molecule has 0 bridgehead atoms. The molecule has 0 radical (unpaired) electrons. The summed E-state index contributed by atoms with van der Waals surface area (Å²) in [4.78, 5) is 0. The molecule has 0 N–H and O–H groups in total. The highest BCUT2D eigenvalue weighted by Gasteiger charge is 2.51. The molecule has 1 aliphatic rings. The standard InChI is InChI=1S/C34H29BO4/c1-33(2)34(3,4)39-35(38-33)28-15-13-22(14-16-28)25-17-26(31-20-23-9-5-7-11-29(23)36-31)19-27(18-25)32-21-24-10-6-8-12-30(24)37-32/h5-21H,1-4H3. The van der Waals surface area contributed by atoms with Crippen LogP contribution in [0.2, 0.25) is 0 Å². The van der Waals surface area contributed by atoms with Gasteiger partial charge in [0.2, 0.25) is 0 Å². The number of para-hydroxylation sites is 2. The van der Waals surface area contributed by atoms with Crippen molar-refractivity contribution in [3.05, 3.63) is 103 Å². The second-order valence-corrected chi connectivity index (χ2v) is 11.3. The summed E-state index contributed by atoms with van der Waals surface area (Å²) < 4.78 is 25.0. The molecular formula is C34H29BO4. The number of furan rings is 2. The van der Waals surface area contributed by atoms with E-state index in [9.17, 15) is 0 Å². The average Bonchev–Trinajstić information content (AvgIpc) is 3.62. The van der Waals surface area contributed by atoms with E-state index < -0.39 is 7.12 Å². The van der Waals surface area contributed by atoms with Gasteiger partial charge in [-0.2, -0.15) is 0 Å². The van der Waals surface area contributed by atoms with Crippen molar-refractivity contribution in [2.45, 2.75) is 38.9 Å². The van der Waals surface area contributed by atoms with Crippen molar-refractivity contribution in [2.75, 3.05) is 0 Å². The van der Waals surface area contributed by atoms with Gasteiger partial charge in [0.25, 0.3) is 0 Å². The number of fused-ring (bicyclic) bond motifs is 2. The zero-order chi connectivity index (χ0) is 26.8. The van der Waals surface area contributed by atoms with E-state index in [4.69, 9.17) is 18.1 Å². The van der Waals surface area contributed by atoms with Crippen LogP contribution in [-0.4, -0.2) is 18.3 Å². The van der Waals surface area contributed by atoms with Gasteiger partial charge in [-0.25, -0.2) is 0 Å². The quantitative estimate of drug-likeness (QED) is 0.222. The van der Waals surface area contributed by atoms with E-state index in [0.717, 1.165) is 61.2 Å². The molecule has 39 heavy (non-hydrogen) atoms. The number of hydrogen-bond donors (Lipinski definition) is 0. The minimum absolute atomic E-state index is 0.376. The Hall–Kier alpha value is -4.06. The Kier molecular flexibility index (Phi) is 5.38. The first-order valence-electron chi connectivity index (χ1n) is 13.3. The van der Waals surface area contributed by atoms with Crippen molar-refractivity contribution < 1.29 is 18.1 Å². The van der Waals surface area contributed by atoms with Crippen molar-refractivity contribution in [2.24, 2.45) is 0 Å². The molecule has 0 atom stereocenters. The van der Waals surface area contributed by atoms with Gasteiger partial charge in [-0.1, -0.05) is 60.7 Å². The normalized spacial score (nSPS) is 16.4. The molecule has 0 spiro atoms. The van der Waals surface area contributed by atoms with Crippen molar-refractivity contribution in [1.82, 2.24) is 0 Å². The summed E-state index contributed by atoms with van der Waals surface area (Å²) in [5, 5.41) is 2.16. The Morgan fingerprint density at radius 2 is 0.949 bits per heavy atom. The van der Waals surface area contributed by atoms with Gasteiger partial charge in [0.05, 0.1) is 11.2 Å². The van der Waals surface area contributed by atoms with Crippen LogP contribution in [0, 0.1) is 0 Å². The van der Waals surface area contributed by atoms with E-state index in [2.05, 4.69) is 94.4 Å². The summed E-state index contributed by atoms with van der Waals surface area (Å²) in [6, 6.07) is 35.3. The number of benzene rings is 4. The predicted molar refractivity (Wildman–Crippen MR) is 158 cm³/mol. The molecule has 2 aromatic heterocycles. The molecule has 7 rings (SSSR count). The molecular weight excluding hydrogens is 483 g/mol. The number of rotatable bonds is 4. The van der Waals surface area contributed by atoms with E-state index in [1.807, 2.05) is 36.4 Å². The lowest BCUT2D eigenvalue weighted by Gasteiger charge is -2.32. The van der Waals surface area contributed by atoms with Crippen LogP contribution >= 0.6 is 0 Å². The minimum atomic E-state index is -0.392. The summed E-state index contributed by atoms with van der Waals surface area (Å²) >= 11 is 0. The van der Waals surface area contributed by atoms with E-state index in [0.29, 0.717) is 0 Å². The van der Waals surface area contributed by atoms with E-state index >= 15 is 0 Å². The predicted octanol–water partition coefficient (Wildman–Crippen LogP) is 8.48. The fourth-order valence-corrected chi connectivity index (χ4v) is 5.14. The van der Waals surface area contributed by atoms with Gasteiger partial charge >= 0.3 is 7.12 Å². The van der Waals surface area contributed by atoms with Gasteiger partial charge in [-0.05, 0) is 86.7 Å². The van der Waals surface area contributed by atoms with Crippen molar-refractivity contribution in [1.29, 1.82) is 0 Å². The molecule has 1 saturated heterocycles. The van der Waals surface area contributed by atoms with Crippen molar-refractivity contribution in [3.8, 4) is 33.8 Å². The van der Waals surface area contributed by atoms with Crippen LogP contribution in [-0.2, 0) is 9.31 Å². The molecule has 1 aliphatic heterocycles. The third kappa shape index (κ3) is 4.19. The van der Waals surface area contributed by atoms with Gasteiger partial charge in [-0.15, -0.1) is 0 Å². The summed E-state index contributed by atoms with van der Waals surface area (Å²) in [5.74, 6) is 1.65. The summed E-state index contributed by atoms with van der Waals surface area (Å²) in [6.07, 6.45) is 0. The van der Waals surface area contributed by atoms with Crippen LogP contribution < -0.4 is 5.46 Å². The first-order chi connectivity index (χ1) is 18.8. The molecule has 4 aromatic carbocycles. The topological polar surface area (TPSA) is 44.7 Å². The number of hydrogen-bond acceptors (Lipinski definition) is 4. The van der Waals surface area contributed by atoms with E-state index in [1.165, 1.54) is 0 Å². The van der Waals surface area contributed by atoms with Crippen LogP contribution in [0.1, 0.15) is 27.7 Å². The molecule has 192 valence electrons. The molecule has 0 aliphatic carbocycles. The molecule has 0 amide bonds. The smallest absolute Gasteiger partial charge is 0.456 e. The second kappa shape index (κ2) is 8.73. The molecule has 6 aromatic rings. The summed E-state index contributed by atoms with van der Waals surface area (Å²) in [6.45, 7) is 8.30. The molecule has 5 heteroatoms.